The van der Waals surface area contributed by atoms with Gasteiger partial charge in [0.25, 0.3) is 10.0 Å². The van der Waals surface area contributed by atoms with Gasteiger partial charge >= 0.3 is 0 Å². The van der Waals surface area contributed by atoms with Gasteiger partial charge in [-0.1, -0.05) is 24.3 Å². The highest BCUT2D eigenvalue weighted by molar-refractivity contribution is 7.90. The predicted molar refractivity (Wildman–Crippen MR) is 102 cm³/mol. The molecule has 8 heteroatoms. The first-order valence-electron chi connectivity index (χ1n) is 8.23. The summed E-state index contributed by atoms with van der Waals surface area (Å²) in [5, 5.41) is 4.78. The normalized spacial score (nSPS) is 12.1. The van der Waals surface area contributed by atoms with E-state index in [0.717, 1.165) is 21.8 Å². The Morgan fingerprint density at radius 1 is 0.893 bits per heavy atom. The van der Waals surface area contributed by atoms with Crippen molar-refractivity contribution in [2.24, 2.45) is 0 Å². The first-order valence-corrected chi connectivity index (χ1v) is 9.67. The fraction of sp³-hybridized carbons (Fsp3) is 0. The Kier molecular flexibility index (Phi) is 4.48. The number of hydrogen-bond acceptors (Lipinski definition) is 4. The van der Waals surface area contributed by atoms with E-state index < -0.39 is 26.6 Å². The topological polar surface area (TPSA) is 64.8 Å². The second-order valence-corrected chi connectivity index (χ2v) is 7.74. The molecule has 0 spiro atoms. The van der Waals surface area contributed by atoms with Crippen LogP contribution in [0.25, 0.3) is 23.1 Å². The summed E-state index contributed by atoms with van der Waals surface area (Å²) in [4.78, 5) is 3.43. The van der Waals surface area contributed by atoms with Crippen molar-refractivity contribution in [2.45, 2.75) is 4.90 Å². The Morgan fingerprint density at radius 3 is 2.29 bits per heavy atom. The fourth-order valence-corrected chi connectivity index (χ4v) is 4.13. The van der Waals surface area contributed by atoms with Crippen LogP contribution in [-0.4, -0.2) is 22.6 Å². The van der Waals surface area contributed by atoms with Crippen molar-refractivity contribution >= 4 is 33.1 Å². The average Bonchev–Trinajstić information content (AvgIpc) is 3.06. The third-order valence-electron chi connectivity index (χ3n) is 4.09. The zero-order chi connectivity index (χ0) is 19.7. The van der Waals surface area contributed by atoms with Gasteiger partial charge in [-0.15, -0.1) is 0 Å². The molecule has 28 heavy (non-hydrogen) atoms. The number of aromatic nitrogens is 3. The van der Waals surface area contributed by atoms with Crippen LogP contribution < -0.4 is 0 Å². The maximum atomic E-state index is 13.6. The lowest BCUT2D eigenvalue weighted by atomic mass is 10.2. The third-order valence-corrected chi connectivity index (χ3v) is 5.65. The highest BCUT2D eigenvalue weighted by Crippen LogP contribution is 2.25. The zero-order valence-corrected chi connectivity index (χ0v) is 15.1. The molecule has 0 saturated carbocycles. The van der Waals surface area contributed by atoms with Crippen LogP contribution in [0.1, 0.15) is 11.3 Å². The smallest absolute Gasteiger partial charge is 0.265 e. The summed E-state index contributed by atoms with van der Waals surface area (Å²) in [5.74, 6) is -1.96. The van der Waals surface area contributed by atoms with Gasteiger partial charge in [-0.3, -0.25) is 4.98 Å². The molecule has 0 N–H and O–H groups in total. The molecule has 0 aliphatic carbocycles. The molecule has 5 nitrogen and oxygen atoms in total. The van der Waals surface area contributed by atoms with Crippen LogP contribution in [0, 0.1) is 11.6 Å². The van der Waals surface area contributed by atoms with Gasteiger partial charge in [-0.25, -0.2) is 8.78 Å². The van der Waals surface area contributed by atoms with Crippen molar-refractivity contribution in [3.05, 3.63) is 89.9 Å². The predicted octanol–water partition coefficient (Wildman–Crippen LogP) is 4.12. The molecule has 4 aromatic rings. The van der Waals surface area contributed by atoms with Gasteiger partial charge in [0.1, 0.15) is 11.6 Å². The Labute approximate surface area is 159 Å². The van der Waals surface area contributed by atoms with Gasteiger partial charge in [0.15, 0.2) is 0 Å². The summed E-state index contributed by atoms with van der Waals surface area (Å²) in [6.07, 6.45) is 6.73. The van der Waals surface area contributed by atoms with Gasteiger partial charge in [-0.05, 0) is 42.0 Å². The number of para-hydroxylation sites is 1. The Bertz CT molecular complexity index is 1280. The summed E-state index contributed by atoms with van der Waals surface area (Å²) in [6.45, 7) is 0. The number of nitrogens with zero attached hydrogens (tertiary/aromatic N) is 3. The monoisotopic (exact) mass is 397 g/mol. The van der Waals surface area contributed by atoms with E-state index in [1.807, 2.05) is 0 Å². The van der Waals surface area contributed by atoms with Crippen LogP contribution in [0.5, 0.6) is 0 Å². The maximum Gasteiger partial charge on any atom is 0.283 e. The van der Waals surface area contributed by atoms with Crippen molar-refractivity contribution in [3.8, 4) is 0 Å². The fourth-order valence-electron chi connectivity index (χ4n) is 2.80. The first-order chi connectivity index (χ1) is 13.4. The van der Waals surface area contributed by atoms with Gasteiger partial charge in [-0.2, -0.15) is 17.6 Å². The number of halogens is 2. The maximum absolute atomic E-state index is 13.6. The molecular formula is C20H13F2N3O2S. The SMILES string of the molecule is O=S(=O)(c1cc(F)cc(F)c1)n1nc(C=Cc2ccncc2)c2ccccc21. The number of rotatable bonds is 4. The zero-order valence-electron chi connectivity index (χ0n) is 14.3. The van der Waals surface area contributed by atoms with Crippen molar-refractivity contribution < 1.29 is 17.2 Å². The minimum atomic E-state index is -4.29. The molecule has 2 heterocycles. The summed E-state index contributed by atoms with van der Waals surface area (Å²) >= 11 is 0. The van der Waals surface area contributed by atoms with Crippen LogP contribution >= 0.6 is 0 Å². The van der Waals surface area contributed by atoms with E-state index in [4.69, 9.17) is 0 Å². The Morgan fingerprint density at radius 2 is 1.57 bits per heavy atom. The first kappa shape index (κ1) is 18.0. The second-order valence-electron chi connectivity index (χ2n) is 5.97. The molecule has 0 aliphatic rings. The van der Waals surface area contributed by atoms with E-state index in [2.05, 4.69) is 10.1 Å². The van der Waals surface area contributed by atoms with E-state index in [0.29, 0.717) is 22.7 Å². The minimum Gasteiger partial charge on any atom is -0.265 e. The average molecular weight is 397 g/mol. The van der Waals surface area contributed by atoms with Crippen molar-refractivity contribution in [2.75, 3.05) is 0 Å². The quantitative estimate of drug-likeness (QED) is 0.520. The molecule has 0 amide bonds. The third kappa shape index (κ3) is 3.29. The molecule has 140 valence electrons. The van der Waals surface area contributed by atoms with Crippen molar-refractivity contribution in [3.63, 3.8) is 0 Å². The van der Waals surface area contributed by atoms with Crippen LogP contribution in [-0.2, 0) is 10.0 Å². The van der Waals surface area contributed by atoms with Crippen LogP contribution in [0.4, 0.5) is 8.78 Å². The van der Waals surface area contributed by atoms with E-state index >= 15 is 0 Å². The molecule has 0 bridgehead atoms. The molecule has 2 aromatic heterocycles. The summed E-state index contributed by atoms with van der Waals surface area (Å²) in [5.41, 5.74) is 1.58. The number of hydrogen-bond donors (Lipinski definition) is 0. The summed E-state index contributed by atoms with van der Waals surface area (Å²) in [7, 11) is -4.29. The molecule has 0 unspecified atom stereocenters. The Hall–Kier alpha value is -3.39. The highest BCUT2D eigenvalue weighted by Gasteiger charge is 2.23. The lowest BCUT2D eigenvalue weighted by Crippen LogP contribution is -2.15. The van der Waals surface area contributed by atoms with Crippen molar-refractivity contribution in [1.29, 1.82) is 0 Å². The van der Waals surface area contributed by atoms with Crippen LogP contribution in [0.15, 0.2) is 71.9 Å². The molecule has 0 radical (unpaired) electrons. The molecule has 2 aromatic carbocycles. The molecule has 4 rings (SSSR count). The number of pyridine rings is 1. The summed E-state index contributed by atoms with van der Waals surface area (Å²) in [6, 6.07) is 12.5. The van der Waals surface area contributed by atoms with Gasteiger partial charge in [0.2, 0.25) is 0 Å². The largest absolute Gasteiger partial charge is 0.283 e. The second kappa shape index (κ2) is 6.97. The van der Waals surface area contributed by atoms with Gasteiger partial charge < -0.3 is 0 Å². The van der Waals surface area contributed by atoms with E-state index in [1.165, 1.54) is 0 Å². The lowest BCUT2D eigenvalue weighted by Gasteiger charge is -2.06. The Balaban J connectivity index is 1.87. The standard InChI is InChI=1S/C20H13F2N3O2S/c21-15-11-16(22)13-17(12-15)28(26,27)25-20-4-2-1-3-18(20)19(24-25)6-5-14-7-9-23-10-8-14/h1-13H. The van der Waals surface area contributed by atoms with Crippen LogP contribution in [0.2, 0.25) is 0 Å². The number of fused-ring (bicyclic) bond motifs is 1. The number of benzene rings is 2. The van der Waals surface area contributed by atoms with Crippen molar-refractivity contribution in [1.82, 2.24) is 14.2 Å². The molecule has 0 aliphatic heterocycles. The molecule has 0 saturated heterocycles. The van der Waals surface area contributed by atoms with Crippen LogP contribution in [0.3, 0.4) is 0 Å². The summed E-state index contributed by atoms with van der Waals surface area (Å²) < 4.78 is 53.8. The lowest BCUT2D eigenvalue weighted by molar-refractivity contribution is 0.561. The highest BCUT2D eigenvalue weighted by atomic mass is 32.2. The molecular weight excluding hydrogens is 384 g/mol. The van der Waals surface area contributed by atoms with E-state index in [-0.39, 0.29) is 0 Å². The van der Waals surface area contributed by atoms with E-state index in [9.17, 15) is 17.2 Å². The van der Waals surface area contributed by atoms with E-state index in [1.54, 1.807) is 60.9 Å². The molecule has 0 fully saturated rings. The van der Waals surface area contributed by atoms with Gasteiger partial charge in [0, 0.05) is 23.8 Å². The van der Waals surface area contributed by atoms with Gasteiger partial charge in [0.05, 0.1) is 16.1 Å². The minimum absolute atomic E-state index is 0.307. The molecule has 0 atom stereocenters.